The maximum atomic E-state index is 12.9. The lowest BCUT2D eigenvalue weighted by Crippen LogP contribution is -2.47. The lowest BCUT2D eigenvalue weighted by Gasteiger charge is -2.31. The minimum absolute atomic E-state index is 0.103. The molecule has 1 aliphatic rings. The number of nitrogens with zero attached hydrogens (tertiary/aromatic N) is 5. The van der Waals surface area contributed by atoms with E-state index in [9.17, 15) is 23.3 Å². The molecule has 1 saturated heterocycles. The lowest BCUT2D eigenvalue weighted by atomic mass is 10.3. The van der Waals surface area contributed by atoms with Crippen molar-refractivity contribution in [1.29, 1.82) is 0 Å². The molecule has 2 heterocycles. The maximum absolute atomic E-state index is 12.9. The Morgan fingerprint density at radius 3 is 2.50 bits per heavy atom. The van der Waals surface area contributed by atoms with Crippen molar-refractivity contribution in [3.63, 3.8) is 0 Å². The van der Waals surface area contributed by atoms with Crippen LogP contribution < -0.4 is 5.32 Å². The van der Waals surface area contributed by atoms with Crippen LogP contribution in [0, 0.1) is 24.0 Å². The molecule has 1 amide bonds. The number of anilines is 1. The monoisotopic (exact) mass is 436 g/mol. The molecule has 0 saturated carbocycles. The molecule has 1 N–H and O–H groups in total. The first kappa shape index (κ1) is 21.9. The van der Waals surface area contributed by atoms with Gasteiger partial charge in [0.2, 0.25) is 15.9 Å². The first-order chi connectivity index (χ1) is 14.1. The van der Waals surface area contributed by atoms with E-state index in [0.29, 0.717) is 31.9 Å². The fourth-order valence-corrected chi connectivity index (χ4v) is 4.82. The summed E-state index contributed by atoms with van der Waals surface area (Å²) in [5, 5.41) is 17.8. The highest BCUT2D eigenvalue weighted by atomic mass is 32.2. The van der Waals surface area contributed by atoms with Gasteiger partial charge in [0.1, 0.15) is 17.9 Å². The predicted molar refractivity (Wildman–Crippen MR) is 110 cm³/mol. The van der Waals surface area contributed by atoms with Crippen LogP contribution >= 0.6 is 0 Å². The summed E-state index contributed by atoms with van der Waals surface area (Å²) in [6, 6.07) is 6.06. The number of nitro groups is 1. The summed E-state index contributed by atoms with van der Waals surface area (Å²) >= 11 is 0. The predicted octanol–water partition coefficient (Wildman–Crippen LogP) is 0.983. The Kier molecular flexibility index (Phi) is 6.19. The van der Waals surface area contributed by atoms with E-state index in [-0.39, 0.29) is 28.5 Å². The molecule has 1 aromatic heterocycles. The second-order valence-corrected chi connectivity index (χ2v) is 9.16. The molecule has 2 aromatic rings. The van der Waals surface area contributed by atoms with E-state index in [0.717, 1.165) is 0 Å². The minimum Gasteiger partial charge on any atom is -0.324 e. The molecule has 0 bridgehead atoms. The van der Waals surface area contributed by atoms with E-state index in [1.54, 1.807) is 12.1 Å². The Morgan fingerprint density at radius 2 is 1.90 bits per heavy atom. The first-order valence-electron chi connectivity index (χ1n) is 9.36. The fourth-order valence-electron chi connectivity index (χ4n) is 3.35. The number of hydrogen-bond acceptors (Lipinski definition) is 7. The van der Waals surface area contributed by atoms with Crippen molar-refractivity contribution in [1.82, 2.24) is 19.0 Å². The van der Waals surface area contributed by atoms with Crippen molar-refractivity contribution < 1.29 is 18.1 Å². The summed E-state index contributed by atoms with van der Waals surface area (Å²) in [4.78, 5) is 25.2. The molecular weight excluding hydrogens is 412 g/mol. The summed E-state index contributed by atoms with van der Waals surface area (Å²) in [6.45, 7) is 4.93. The van der Waals surface area contributed by atoms with Crippen LogP contribution in [0.5, 0.6) is 0 Å². The molecule has 0 atom stereocenters. The Hall–Kier alpha value is -2.83. The maximum Gasteiger partial charge on any atom is 0.312 e. The largest absolute Gasteiger partial charge is 0.324 e. The summed E-state index contributed by atoms with van der Waals surface area (Å²) in [6.07, 6.45) is 0. The summed E-state index contributed by atoms with van der Waals surface area (Å²) in [5.41, 5.74) is 0.707. The van der Waals surface area contributed by atoms with Gasteiger partial charge in [-0.3, -0.25) is 19.6 Å². The number of benzene rings is 1. The van der Waals surface area contributed by atoms with Gasteiger partial charge in [-0.25, -0.2) is 8.42 Å². The highest BCUT2D eigenvalue weighted by molar-refractivity contribution is 7.89. The Bertz CT molecular complexity index is 1070. The van der Waals surface area contributed by atoms with Crippen molar-refractivity contribution in [2.75, 3.05) is 38.5 Å². The number of hydrogen-bond donors (Lipinski definition) is 1. The van der Waals surface area contributed by atoms with E-state index >= 15 is 0 Å². The van der Waals surface area contributed by atoms with Crippen LogP contribution in [-0.2, 0) is 21.4 Å². The number of nitrogens with one attached hydrogen (secondary N) is 1. The zero-order valence-electron chi connectivity index (χ0n) is 17.0. The number of carbonyl (C=O) groups is 1. The molecule has 1 aliphatic heterocycles. The molecule has 3 rings (SSSR count). The van der Waals surface area contributed by atoms with Gasteiger partial charge in [0, 0.05) is 31.9 Å². The Balaban J connectivity index is 1.73. The van der Waals surface area contributed by atoms with Gasteiger partial charge in [0.05, 0.1) is 9.82 Å². The molecule has 162 valence electrons. The number of piperazine rings is 1. The summed E-state index contributed by atoms with van der Waals surface area (Å²) in [5.74, 6) is -0.468. The smallest absolute Gasteiger partial charge is 0.312 e. The zero-order valence-corrected chi connectivity index (χ0v) is 17.8. The van der Waals surface area contributed by atoms with Gasteiger partial charge < -0.3 is 10.2 Å². The third-order valence-electron chi connectivity index (χ3n) is 5.04. The van der Waals surface area contributed by atoms with E-state index in [1.165, 1.54) is 35.0 Å². The molecule has 1 aromatic carbocycles. The van der Waals surface area contributed by atoms with Gasteiger partial charge >= 0.3 is 5.69 Å². The molecule has 0 spiro atoms. The van der Waals surface area contributed by atoms with E-state index < -0.39 is 20.9 Å². The topological polar surface area (TPSA) is 131 Å². The SMILES string of the molecule is Cc1nn(CC(=O)Nc2cccc(S(=O)(=O)N3CCN(C)CC3)c2)c(C)c1[N+](=O)[O-]. The standard InChI is InChI=1S/C18H24N6O5S/c1-13-18(24(26)27)14(2)23(20-13)12-17(25)19-15-5-4-6-16(11-15)30(28,29)22-9-7-21(3)8-10-22/h4-6,11H,7-10,12H2,1-3H3,(H,19,25). The second kappa shape index (κ2) is 8.50. The highest BCUT2D eigenvalue weighted by Gasteiger charge is 2.28. The first-order valence-corrected chi connectivity index (χ1v) is 10.8. The quantitative estimate of drug-likeness (QED) is 0.528. The van der Waals surface area contributed by atoms with Gasteiger partial charge in [-0.2, -0.15) is 9.40 Å². The van der Waals surface area contributed by atoms with Gasteiger partial charge in [0.25, 0.3) is 0 Å². The van der Waals surface area contributed by atoms with Crippen LogP contribution in [0.1, 0.15) is 11.4 Å². The number of rotatable bonds is 6. The summed E-state index contributed by atoms with van der Waals surface area (Å²) < 4.78 is 28.5. The second-order valence-electron chi connectivity index (χ2n) is 7.22. The number of aromatic nitrogens is 2. The zero-order chi connectivity index (χ0) is 22.1. The minimum atomic E-state index is -3.66. The van der Waals surface area contributed by atoms with Gasteiger partial charge in [0.15, 0.2) is 0 Å². The molecule has 1 fully saturated rings. The molecule has 12 heteroatoms. The summed E-state index contributed by atoms with van der Waals surface area (Å²) in [7, 11) is -1.72. The van der Waals surface area contributed by atoms with Crippen LogP contribution in [0.15, 0.2) is 29.2 Å². The average Bonchev–Trinajstić information content (AvgIpc) is 2.95. The van der Waals surface area contributed by atoms with Crippen molar-refractivity contribution in [3.05, 3.63) is 45.8 Å². The molecule has 0 unspecified atom stereocenters. The van der Waals surface area contributed by atoms with Gasteiger partial charge in [-0.1, -0.05) is 6.07 Å². The van der Waals surface area contributed by atoms with Crippen molar-refractivity contribution in [3.8, 4) is 0 Å². The number of amides is 1. The van der Waals surface area contributed by atoms with E-state index in [4.69, 9.17) is 0 Å². The molecule has 30 heavy (non-hydrogen) atoms. The number of aryl methyl sites for hydroxylation is 1. The third-order valence-corrected chi connectivity index (χ3v) is 6.93. The third kappa shape index (κ3) is 4.50. The Labute approximate surface area is 174 Å². The number of likely N-dealkylation sites (N-methyl/N-ethyl adjacent to an activating group) is 1. The Morgan fingerprint density at radius 1 is 1.23 bits per heavy atom. The molecule has 0 radical (unpaired) electrons. The van der Waals surface area contributed by atoms with Crippen molar-refractivity contribution in [2.45, 2.75) is 25.3 Å². The highest BCUT2D eigenvalue weighted by Crippen LogP contribution is 2.23. The van der Waals surface area contributed by atoms with Crippen LogP contribution in [0.4, 0.5) is 11.4 Å². The fraction of sp³-hybridized carbons (Fsp3) is 0.444. The van der Waals surface area contributed by atoms with Crippen LogP contribution in [0.2, 0.25) is 0 Å². The van der Waals surface area contributed by atoms with Gasteiger partial charge in [-0.05, 0) is 39.1 Å². The molecule has 11 nitrogen and oxygen atoms in total. The van der Waals surface area contributed by atoms with Crippen LogP contribution in [0.25, 0.3) is 0 Å². The van der Waals surface area contributed by atoms with E-state index in [1.807, 2.05) is 7.05 Å². The number of sulfonamides is 1. The average molecular weight is 436 g/mol. The van der Waals surface area contributed by atoms with Crippen LogP contribution in [0.3, 0.4) is 0 Å². The molecular formula is C18H24N6O5S. The van der Waals surface area contributed by atoms with E-state index in [2.05, 4.69) is 15.3 Å². The lowest BCUT2D eigenvalue weighted by molar-refractivity contribution is -0.386. The normalized spacial score (nSPS) is 15.8. The van der Waals surface area contributed by atoms with Crippen molar-refractivity contribution >= 4 is 27.3 Å². The van der Waals surface area contributed by atoms with Crippen molar-refractivity contribution in [2.24, 2.45) is 0 Å². The molecule has 0 aliphatic carbocycles. The number of carbonyl (C=O) groups excluding carboxylic acids is 1. The van der Waals surface area contributed by atoms with Crippen LogP contribution in [-0.4, -0.2) is 71.5 Å². The van der Waals surface area contributed by atoms with Gasteiger partial charge in [-0.15, -0.1) is 0 Å².